The van der Waals surface area contributed by atoms with Crippen molar-refractivity contribution in [3.8, 4) is 0 Å². The van der Waals surface area contributed by atoms with E-state index < -0.39 is 0 Å². The predicted molar refractivity (Wildman–Crippen MR) is 89.5 cm³/mol. The summed E-state index contributed by atoms with van der Waals surface area (Å²) >= 11 is 7.57. The number of amides is 1. The van der Waals surface area contributed by atoms with Crippen LogP contribution in [0.3, 0.4) is 0 Å². The third kappa shape index (κ3) is 3.37. The molecule has 0 aliphatic carbocycles. The average molecular weight is 337 g/mol. The number of benzene rings is 1. The van der Waals surface area contributed by atoms with Crippen LogP contribution in [0.4, 0.5) is 0 Å². The summed E-state index contributed by atoms with van der Waals surface area (Å²) in [5.74, 6) is 0.159. The van der Waals surface area contributed by atoms with Crippen LogP contribution in [-0.4, -0.2) is 47.3 Å². The largest absolute Gasteiger partial charge is 0.378 e. The van der Waals surface area contributed by atoms with Crippen molar-refractivity contribution in [1.82, 2.24) is 9.88 Å². The van der Waals surface area contributed by atoms with Crippen molar-refractivity contribution >= 4 is 40.2 Å². The van der Waals surface area contributed by atoms with Gasteiger partial charge in [0.25, 0.3) is 0 Å². The van der Waals surface area contributed by atoms with Gasteiger partial charge >= 0.3 is 0 Å². The Labute approximate surface area is 138 Å². The maximum Gasteiger partial charge on any atom is 0.235 e. The molecule has 1 saturated heterocycles. The van der Waals surface area contributed by atoms with Crippen LogP contribution in [0.2, 0.25) is 5.02 Å². The van der Waals surface area contributed by atoms with Crippen LogP contribution in [0.25, 0.3) is 10.9 Å². The monoisotopic (exact) mass is 336 g/mol. The molecule has 22 heavy (non-hydrogen) atoms. The topological polar surface area (TPSA) is 42.4 Å². The second-order valence-electron chi connectivity index (χ2n) is 5.17. The van der Waals surface area contributed by atoms with Crippen LogP contribution < -0.4 is 0 Å². The van der Waals surface area contributed by atoms with Crippen LogP contribution in [0.1, 0.15) is 6.92 Å². The van der Waals surface area contributed by atoms with Gasteiger partial charge in [-0.25, -0.2) is 0 Å². The summed E-state index contributed by atoms with van der Waals surface area (Å²) in [5, 5.41) is 1.55. The summed E-state index contributed by atoms with van der Waals surface area (Å²) in [6, 6.07) is 7.60. The zero-order chi connectivity index (χ0) is 15.5. The van der Waals surface area contributed by atoms with Crippen molar-refractivity contribution in [1.29, 1.82) is 0 Å². The fourth-order valence-corrected chi connectivity index (χ4v) is 3.72. The molecule has 1 amide bonds. The highest BCUT2D eigenvalue weighted by Crippen LogP contribution is 2.31. The van der Waals surface area contributed by atoms with Gasteiger partial charge in [0.1, 0.15) is 0 Å². The first kappa shape index (κ1) is 15.6. The average Bonchev–Trinajstić information content (AvgIpc) is 2.55. The summed E-state index contributed by atoms with van der Waals surface area (Å²) in [6.45, 7) is 4.55. The summed E-state index contributed by atoms with van der Waals surface area (Å²) < 4.78 is 5.30. The number of halogens is 1. The van der Waals surface area contributed by atoms with Crippen molar-refractivity contribution < 1.29 is 9.53 Å². The van der Waals surface area contributed by atoms with Gasteiger partial charge in [-0.05, 0) is 25.1 Å². The normalized spacial score (nSPS) is 16.7. The van der Waals surface area contributed by atoms with Gasteiger partial charge in [-0.1, -0.05) is 17.7 Å². The summed E-state index contributed by atoms with van der Waals surface area (Å²) in [7, 11) is 0. The zero-order valence-electron chi connectivity index (χ0n) is 12.3. The number of thioether (sulfide) groups is 1. The Morgan fingerprint density at radius 2 is 2.14 bits per heavy atom. The molecule has 1 aliphatic rings. The van der Waals surface area contributed by atoms with Crippen molar-refractivity contribution in [3.05, 3.63) is 35.5 Å². The minimum Gasteiger partial charge on any atom is -0.378 e. The first-order chi connectivity index (χ1) is 10.6. The van der Waals surface area contributed by atoms with E-state index in [0.29, 0.717) is 31.3 Å². The van der Waals surface area contributed by atoms with Crippen LogP contribution in [0.15, 0.2) is 35.4 Å². The highest BCUT2D eigenvalue weighted by molar-refractivity contribution is 8.00. The molecule has 1 atom stereocenters. The van der Waals surface area contributed by atoms with E-state index in [-0.39, 0.29) is 11.2 Å². The molecular formula is C16H17ClN2O2S. The van der Waals surface area contributed by atoms with E-state index in [4.69, 9.17) is 16.3 Å². The van der Waals surface area contributed by atoms with Gasteiger partial charge in [-0.2, -0.15) is 0 Å². The molecule has 2 heterocycles. The van der Waals surface area contributed by atoms with Crippen LogP contribution in [0, 0.1) is 0 Å². The Hall–Kier alpha value is -1.30. The molecule has 4 nitrogen and oxygen atoms in total. The van der Waals surface area contributed by atoms with Crippen molar-refractivity contribution in [2.45, 2.75) is 17.1 Å². The third-order valence-corrected chi connectivity index (χ3v) is 5.04. The molecule has 1 aliphatic heterocycles. The first-order valence-electron chi connectivity index (χ1n) is 7.22. The minimum atomic E-state index is -0.139. The van der Waals surface area contributed by atoms with Crippen LogP contribution in [-0.2, 0) is 9.53 Å². The van der Waals surface area contributed by atoms with Gasteiger partial charge in [0.2, 0.25) is 5.91 Å². The molecule has 1 fully saturated rings. The molecular weight excluding hydrogens is 320 g/mol. The molecule has 0 saturated carbocycles. The predicted octanol–water partition coefficient (Wildman–Crippen LogP) is 3.23. The van der Waals surface area contributed by atoms with E-state index >= 15 is 0 Å². The van der Waals surface area contributed by atoms with E-state index in [2.05, 4.69) is 4.98 Å². The maximum atomic E-state index is 12.5. The molecule has 1 aromatic heterocycles. The molecule has 2 aromatic rings. The Morgan fingerprint density at radius 1 is 1.36 bits per heavy atom. The Morgan fingerprint density at radius 3 is 2.91 bits per heavy atom. The van der Waals surface area contributed by atoms with E-state index in [1.165, 1.54) is 0 Å². The number of hydrogen-bond donors (Lipinski definition) is 0. The first-order valence-corrected chi connectivity index (χ1v) is 8.48. The molecule has 0 N–H and O–H groups in total. The van der Waals surface area contributed by atoms with Gasteiger partial charge in [-0.15, -0.1) is 11.8 Å². The van der Waals surface area contributed by atoms with Crippen molar-refractivity contribution in [2.24, 2.45) is 0 Å². The minimum absolute atomic E-state index is 0.139. The second-order valence-corrected chi connectivity index (χ2v) is 6.99. The van der Waals surface area contributed by atoms with Gasteiger partial charge in [0.05, 0.1) is 24.0 Å². The second kappa shape index (κ2) is 6.86. The Balaban J connectivity index is 1.78. The van der Waals surface area contributed by atoms with E-state index in [1.807, 2.05) is 36.1 Å². The quantitative estimate of drug-likeness (QED) is 0.807. The number of nitrogens with zero attached hydrogens (tertiary/aromatic N) is 2. The van der Waals surface area contributed by atoms with Crippen LogP contribution >= 0.6 is 23.4 Å². The maximum absolute atomic E-state index is 12.5. The Bertz CT molecular complexity index is 689. The number of ether oxygens (including phenoxy) is 1. The van der Waals surface area contributed by atoms with Crippen molar-refractivity contribution in [3.63, 3.8) is 0 Å². The lowest BCUT2D eigenvalue weighted by atomic mass is 10.2. The molecule has 0 unspecified atom stereocenters. The van der Waals surface area contributed by atoms with E-state index in [1.54, 1.807) is 18.0 Å². The number of aromatic nitrogens is 1. The Kier molecular flexibility index (Phi) is 4.86. The number of carbonyl (C=O) groups is 1. The number of hydrogen-bond acceptors (Lipinski definition) is 4. The fourth-order valence-electron chi connectivity index (χ4n) is 2.48. The molecule has 3 rings (SSSR count). The molecule has 116 valence electrons. The highest BCUT2D eigenvalue weighted by atomic mass is 35.5. The summed E-state index contributed by atoms with van der Waals surface area (Å²) in [5.41, 5.74) is 0.850. The molecule has 1 aromatic carbocycles. The molecule has 0 radical (unpaired) electrons. The van der Waals surface area contributed by atoms with E-state index in [9.17, 15) is 4.79 Å². The van der Waals surface area contributed by atoms with Gasteiger partial charge in [0.15, 0.2) is 0 Å². The van der Waals surface area contributed by atoms with Gasteiger partial charge in [0, 0.05) is 34.6 Å². The number of rotatable bonds is 3. The number of morpholine rings is 1. The van der Waals surface area contributed by atoms with Gasteiger partial charge < -0.3 is 9.64 Å². The zero-order valence-corrected chi connectivity index (χ0v) is 13.9. The number of carbonyl (C=O) groups excluding carboxylic acids is 1. The number of pyridine rings is 1. The molecule has 0 bridgehead atoms. The SMILES string of the molecule is C[C@@H](Sc1ccnc2cc(Cl)ccc12)C(=O)N1CCOCC1. The highest BCUT2D eigenvalue weighted by Gasteiger charge is 2.23. The summed E-state index contributed by atoms with van der Waals surface area (Å²) in [4.78, 5) is 19.8. The van der Waals surface area contributed by atoms with Gasteiger partial charge in [-0.3, -0.25) is 9.78 Å². The summed E-state index contributed by atoms with van der Waals surface area (Å²) in [6.07, 6.45) is 1.76. The van der Waals surface area contributed by atoms with E-state index in [0.717, 1.165) is 15.8 Å². The van der Waals surface area contributed by atoms with Crippen molar-refractivity contribution in [2.75, 3.05) is 26.3 Å². The molecule has 6 heteroatoms. The number of fused-ring (bicyclic) bond motifs is 1. The molecule has 0 spiro atoms. The standard InChI is InChI=1S/C16H17ClN2O2S/c1-11(16(20)19-6-8-21-9-7-19)22-15-4-5-18-14-10-12(17)2-3-13(14)15/h2-5,10-11H,6-9H2,1H3/t11-/m1/s1. The third-order valence-electron chi connectivity index (χ3n) is 3.64. The fraction of sp³-hybridized carbons (Fsp3) is 0.375. The lowest BCUT2D eigenvalue weighted by molar-refractivity contribution is -0.134. The smallest absolute Gasteiger partial charge is 0.235 e. The lowest BCUT2D eigenvalue weighted by Gasteiger charge is -2.29. The van der Waals surface area contributed by atoms with Crippen LogP contribution in [0.5, 0.6) is 0 Å². The lowest BCUT2D eigenvalue weighted by Crippen LogP contribution is -2.44.